The van der Waals surface area contributed by atoms with Gasteiger partial charge in [0.2, 0.25) is 0 Å². The van der Waals surface area contributed by atoms with Gasteiger partial charge in [0.1, 0.15) is 0 Å². The normalized spacial score (nSPS) is 11.6. The van der Waals surface area contributed by atoms with Gasteiger partial charge < -0.3 is 15.1 Å². The Labute approximate surface area is 99.9 Å². The van der Waals surface area contributed by atoms with Gasteiger partial charge in [0.15, 0.2) is 0 Å². The second kappa shape index (κ2) is 11.3. The molecule has 0 aromatic heterocycles. The van der Waals surface area contributed by atoms with Gasteiger partial charge in [-0.2, -0.15) is 0 Å². The van der Waals surface area contributed by atoms with E-state index in [0.29, 0.717) is 13.1 Å². The summed E-state index contributed by atoms with van der Waals surface area (Å²) in [5.41, 5.74) is 0. The van der Waals surface area contributed by atoms with Gasteiger partial charge in [0, 0.05) is 26.2 Å². The molecule has 98 valence electrons. The Balaban J connectivity index is 3.83. The van der Waals surface area contributed by atoms with Crippen LogP contribution in [-0.4, -0.2) is 72.5 Å². The predicted molar refractivity (Wildman–Crippen MR) is 67.6 cm³/mol. The number of rotatable bonds is 11. The van der Waals surface area contributed by atoms with Crippen LogP contribution in [0.2, 0.25) is 0 Å². The molecule has 0 aliphatic heterocycles. The number of nitrogens with zero attached hydrogens (tertiary/aromatic N) is 2. The van der Waals surface area contributed by atoms with Crippen LogP contribution < -0.4 is 0 Å². The molecule has 0 aliphatic carbocycles. The van der Waals surface area contributed by atoms with Crippen molar-refractivity contribution in [2.45, 2.75) is 26.7 Å². The van der Waals surface area contributed by atoms with Crippen molar-refractivity contribution in [3.63, 3.8) is 0 Å². The summed E-state index contributed by atoms with van der Waals surface area (Å²) in [7, 11) is 0. The van der Waals surface area contributed by atoms with Crippen LogP contribution in [-0.2, 0) is 0 Å². The molecule has 0 aromatic rings. The van der Waals surface area contributed by atoms with E-state index in [1.807, 2.05) is 0 Å². The highest BCUT2D eigenvalue weighted by molar-refractivity contribution is 4.62. The Kier molecular flexibility index (Phi) is 11.2. The smallest absolute Gasteiger partial charge is 0.0558 e. The first-order valence-corrected chi connectivity index (χ1v) is 6.44. The third kappa shape index (κ3) is 8.05. The monoisotopic (exact) mass is 232 g/mol. The molecule has 0 saturated carbocycles. The van der Waals surface area contributed by atoms with E-state index in [9.17, 15) is 0 Å². The fraction of sp³-hybridized carbons (Fsp3) is 1.00. The fourth-order valence-electron chi connectivity index (χ4n) is 1.87. The fourth-order valence-corrected chi connectivity index (χ4v) is 1.87. The van der Waals surface area contributed by atoms with Crippen molar-refractivity contribution in [1.82, 2.24) is 9.80 Å². The molecule has 0 unspecified atom stereocenters. The third-order valence-corrected chi connectivity index (χ3v) is 2.64. The lowest BCUT2D eigenvalue weighted by molar-refractivity contribution is 0.142. The lowest BCUT2D eigenvalue weighted by atomic mass is 10.3. The molecule has 0 amide bonds. The molecule has 16 heavy (non-hydrogen) atoms. The van der Waals surface area contributed by atoms with Gasteiger partial charge in [-0.05, 0) is 25.9 Å². The molecular formula is C12H28N2O2. The maximum atomic E-state index is 8.90. The molecule has 0 bridgehead atoms. The van der Waals surface area contributed by atoms with Crippen molar-refractivity contribution < 1.29 is 10.2 Å². The van der Waals surface area contributed by atoms with Gasteiger partial charge in [-0.25, -0.2) is 0 Å². The molecule has 4 nitrogen and oxygen atoms in total. The van der Waals surface area contributed by atoms with E-state index in [0.717, 1.165) is 26.2 Å². The largest absolute Gasteiger partial charge is 0.395 e. The van der Waals surface area contributed by atoms with Crippen molar-refractivity contribution in [3.05, 3.63) is 0 Å². The number of aliphatic hydroxyl groups is 2. The van der Waals surface area contributed by atoms with Crippen LogP contribution in [0.1, 0.15) is 26.7 Å². The quantitative estimate of drug-likeness (QED) is 0.541. The number of hydrogen-bond acceptors (Lipinski definition) is 4. The molecule has 0 rings (SSSR count). The standard InChI is InChI=1S/C12H28N2O2/c1-3-5-13(6-4-2)7-8-14(9-11-15)10-12-16/h15-16H,3-12H2,1-2H3. The highest BCUT2D eigenvalue weighted by atomic mass is 16.3. The molecule has 0 aliphatic rings. The van der Waals surface area contributed by atoms with Crippen molar-refractivity contribution in [1.29, 1.82) is 0 Å². The van der Waals surface area contributed by atoms with Crippen LogP contribution in [0.3, 0.4) is 0 Å². The van der Waals surface area contributed by atoms with Crippen LogP contribution >= 0.6 is 0 Å². The summed E-state index contributed by atoms with van der Waals surface area (Å²) >= 11 is 0. The van der Waals surface area contributed by atoms with E-state index in [4.69, 9.17) is 10.2 Å². The van der Waals surface area contributed by atoms with Gasteiger partial charge in [0.05, 0.1) is 13.2 Å². The van der Waals surface area contributed by atoms with E-state index in [1.165, 1.54) is 12.8 Å². The van der Waals surface area contributed by atoms with E-state index in [1.54, 1.807) is 0 Å². The Hall–Kier alpha value is -0.160. The average Bonchev–Trinajstić information content (AvgIpc) is 2.27. The summed E-state index contributed by atoms with van der Waals surface area (Å²) < 4.78 is 0. The zero-order valence-electron chi connectivity index (χ0n) is 10.9. The Morgan fingerprint density at radius 3 is 1.31 bits per heavy atom. The molecule has 0 aromatic carbocycles. The first-order valence-electron chi connectivity index (χ1n) is 6.44. The highest BCUT2D eigenvalue weighted by Gasteiger charge is 2.07. The van der Waals surface area contributed by atoms with Crippen LogP contribution in [0.4, 0.5) is 0 Å². The molecule has 0 radical (unpaired) electrons. The zero-order chi connectivity index (χ0) is 12.2. The molecule has 0 saturated heterocycles. The van der Waals surface area contributed by atoms with E-state index >= 15 is 0 Å². The molecule has 0 fully saturated rings. The third-order valence-electron chi connectivity index (χ3n) is 2.64. The van der Waals surface area contributed by atoms with Crippen LogP contribution in [0.5, 0.6) is 0 Å². The first kappa shape index (κ1) is 15.8. The van der Waals surface area contributed by atoms with E-state index in [-0.39, 0.29) is 13.2 Å². The Morgan fingerprint density at radius 1 is 0.625 bits per heavy atom. The van der Waals surface area contributed by atoms with Crippen molar-refractivity contribution in [3.8, 4) is 0 Å². The highest BCUT2D eigenvalue weighted by Crippen LogP contribution is 1.96. The van der Waals surface area contributed by atoms with Crippen molar-refractivity contribution >= 4 is 0 Å². The summed E-state index contributed by atoms with van der Waals surface area (Å²) in [5.74, 6) is 0. The predicted octanol–water partition coefficient (Wildman–Crippen LogP) is 0.395. The SMILES string of the molecule is CCCN(CCC)CCN(CCO)CCO. The van der Waals surface area contributed by atoms with Crippen LogP contribution in [0, 0.1) is 0 Å². The second-order valence-electron chi connectivity index (χ2n) is 4.13. The summed E-state index contributed by atoms with van der Waals surface area (Å²) in [6.45, 7) is 10.3. The molecule has 4 heteroatoms. The maximum Gasteiger partial charge on any atom is 0.0558 e. The van der Waals surface area contributed by atoms with Crippen LogP contribution in [0.25, 0.3) is 0 Å². The second-order valence-corrected chi connectivity index (χ2v) is 4.13. The van der Waals surface area contributed by atoms with Crippen LogP contribution in [0.15, 0.2) is 0 Å². The number of aliphatic hydroxyl groups excluding tert-OH is 2. The maximum absolute atomic E-state index is 8.90. The van der Waals surface area contributed by atoms with Gasteiger partial charge in [-0.15, -0.1) is 0 Å². The average molecular weight is 232 g/mol. The van der Waals surface area contributed by atoms with Gasteiger partial charge in [-0.1, -0.05) is 13.8 Å². The minimum absolute atomic E-state index is 0.168. The molecule has 0 heterocycles. The molecular weight excluding hydrogens is 204 g/mol. The first-order chi connectivity index (χ1) is 7.78. The molecule has 2 N–H and O–H groups in total. The van der Waals surface area contributed by atoms with E-state index < -0.39 is 0 Å². The Bertz CT molecular complexity index is 117. The molecule has 0 spiro atoms. The lowest BCUT2D eigenvalue weighted by Crippen LogP contribution is -2.38. The Morgan fingerprint density at radius 2 is 1.00 bits per heavy atom. The van der Waals surface area contributed by atoms with Crippen molar-refractivity contribution in [2.24, 2.45) is 0 Å². The summed E-state index contributed by atoms with van der Waals surface area (Å²) in [6.07, 6.45) is 2.36. The minimum Gasteiger partial charge on any atom is -0.395 e. The summed E-state index contributed by atoms with van der Waals surface area (Å²) in [6, 6.07) is 0. The number of hydrogen-bond donors (Lipinski definition) is 2. The summed E-state index contributed by atoms with van der Waals surface area (Å²) in [4.78, 5) is 4.56. The van der Waals surface area contributed by atoms with Gasteiger partial charge in [0.25, 0.3) is 0 Å². The zero-order valence-corrected chi connectivity index (χ0v) is 10.9. The summed E-state index contributed by atoms with van der Waals surface area (Å²) in [5, 5.41) is 17.8. The van der Waals surface area contributed by atoms with E-state index in [2.05, 4.69) is 23.6 Å². The van der Waals surface area contributed by atoms with Gasteiger partial charge in [-0.3, -0.25) is 4.90 Å². The van der Waals surface area contributed by atoms with Crippen molar-refractivity contribution in [2.75, 3.05) is 52.5 Å². The minimum atomic E-state index is 0.168. The topological polar surface area (TPSA) is 46.9 Å². The lowest BCUT2D eigenvalue weighted by Gasteiger charge is -2.26. The molecule has 0 atom stereocenters. The van der Waals surface area contributed by atoms with Gasteiger partial charge >= 0.3 is 0 Å².